The Labute approximate surface area is 852 Å². The van der Waals surface area contributed by atoms with E-state index in [-0.39, 0.29) is 0 Å². The minimum atomic E-state index is 0.648. The highest BCUT2D eigenvalue weighted by Crippen LogP contribution is 2.46. The second-order valence-electron chi connectivity index (χ2n) is 37.7. The molecule has 0 N–H and O–H groups in total. The van der Waals surface area contributed by atoms with Gasteiger partial charge in [0, 0.05) is 43.8 Å². The molecule has 8 nitrogen and oxygen atoms in total. The molecule has 0 spiro atoms. The van der Waals surface area contributed by atoms with Crippen LogP contribution in [0.2, 0.25) is 0 Å². The Morgan fingerprint density at radius 2 is 0.331 bits per heavy atom. The molecule has 0 atom stereocenters. The van der Waals surface area contributed by atoms with Gasteiger partial charge in [-0.15, -0.1) is 0 Å². The molecule has 4 heterocycles. The Kier molecular flexibility index (Phi) is 22.1. The van der Waals surface area contributed by atoms with Crippen molar-refractivity contribution in [3.63, 3.8) is 0 Å². The molecule has 30 aromatic rings. The summed E-state index contributed by atoms with van der Waals surface area (Å²) in [5.74, 6) is 2.60. The van der Waals surface area contributed by atoms with Crippen LogP contribution in [-0.2, 0) is 0 Å². The highest BCUT2D eigenvalue weighted by Gasteiger charge is 2.23. The lowest BCUT2D eigenvalue weighted by Gasteiger charge is -2.12. The first-order chi connectivity index (χ1) is 73.3. The van der Waals surface area contributed by atoms with E-state index in [4.69, 9.17) is 37.6 Å². The Morgan fingerprint density at radius 3 is 0.730 bits per heavy atom. The molecule has 0 aliphatic heterocycles. The first kappa shape index (κ1) is 87.2. The fourth-order valence-electron chi connectivity index (χ4n) is 21.3. The van der Waals surface area contributed by atoms with Gasteiger partial charge in [-0.1, -0.05) is 425 Å². The number of rotatable bonds is 12. The van der Waals surface area contributed by atoms with Gasteiger partial charge < -0.3 is 17.7 Å². The van der Waals surface area contributed by atoms with E-state index in [1.807, 2.05) is 133 Å². The van der Waals surface area contributed by atoms with Crippen LogP contribution in [0.25, 0.3) is 287 Å². The topological polar surface area (TPSA) is 104 Å². The summed E-state index contributed by atoms with van der Waals surface area (Å²) in [6.07, 6.45) is 0. The predicted molar refractivity (Wildman–Crippen MR) is 616 cm³/mol. The van der Waals surface area contributed by atoms with Crippen molar-refractivity contribution >= 4 is 152 Å². The van der Waals surface area contributed by atoms with Crippen LogP contribution in [0.15, 0.2) is 552 Å². The minimum absolute atomic E-state index is 0.648. The van der Waals surface area contributed by atoms with E-state index in [2.05, 4.69) is 400 Å². The number of hydrogen-bond acceptors (Lipinski definition) is 8. The average Bonchev–Trinajstić information content (AvgIpc) is 1.58. The summed E-state index contributed by atoms with van der Waals surface area (Å²) in [5, 5.41) is 23.5. The van der Waals surface area contributed by atoms with Gasteiger partial charge in [-0.25, -0.2) is 19.9 Å². The Bertz CT molecular complexity index is 10300. The number of aromatic nitrogens is 4. The monoisotopic (exact) mass is 1890 g/mol. The van der Waals surface area contributed by atoms with E-state index in [0.29, 0.717) is 23.6 Å². The van der Waals surface area contributed by atoms with Gasteiger partial charge in [-0.3, -0.25) is 0 Å². The van der Waals surface area contributed by atoms with Gasteiger partial charge in [0.2, 0.25) is 23.6 Å². The van der Waals surface area contributed by atoms with Gasteiger partial charge >= 0.3 is 0 Å². The smallest absolute Gasteiger partial charge is 0.227 e. The number of fused-ring (bicyclic) bond motifs is 22. The number of nitrogens with zero attached hydrogens (tertiary/aromatic N) is 4. The van der Waals surface area contributed by atoms with Gasteiger partial charge in [-0.2, -0.15) is 0 Å². The third kappa shape index (κ3) is 16.5. The van der Waals surface area contributed by atoms with Crippen molar-refractivity contribution in [3.05, 3.63) is 534 Å². The fraction of sp³-hybridized carbons (Fsp3) is 0. The van der Waals surface area contributed by atoms with Crippen LogP contribution < -0.4 is 0 Å². The largest absolute Gasteiger partial charge is 0.435 e. The lowest BCUT2D eigenvalue weighted by atomic mass is 9.92. The van der Waals surface area contributed by atoms with Crippen LogP contribution in [0.1, 0.15) is 0 Å². The van der Waals surface area contributed by atoms with Crippen molar-refractivity contribution in [2.45, 2.75) is 0 Å². The summed E-state index contributed by atoms with van der Waals surface area (Å²) in [5.41, 5.74) is 30.1. The molecular formula is C140H88N4O4. The normalized spacial score (nSPS) is 11.5. The molecule has 0 bridgehead atoms. The summed E-state index contributed by atoms with van der Waals surface area (Å²) in [6, 6.07) is 188. The molecule has 0 radical (unpaired) electrons. The van der Waals surface area contributed by atoms with Gasteiger partial charge in [0.05, 0.1) is 0 Å². The first-order valence-electron chi connectivity index (χ1n) is 50.1. The third-order valence-corrected chi connectivity index (χ3v) is 28.7. The van der Waals surface area contributed by atoms with E-state index in [1.54, 1.807) is 0 Å². The molecule has 0 unspecified atom stereocenters. The van der Waals surface area contributed by atoms with Gasteiger partial charge in [0.25, 0.3) is 0 Å². The molecule has 26 aromatic carbocycles. The number of oxazole rings is 4. The lowest BCUT2D eigenvalue weighted by Crippen LogP contribution is -1.86. The fourth-order valence-corrected chi connectivity index (χ4v) is 21.3. The number of hydrogen-bond donors (Lipinski definition) is 0. The zero-order valence-corrected chi connectivity index (χ0v) is 80.2. The maximum Gasteiger partial charge on any atom is 0.227 e. The molecule has 4 aromatic heterocycles. The minimum Gasteiger partial charge on any atom is -0.435 e. The maximum absolute atomic E-state index is 6.41. The van der Waals surface area contributed by atoms with Crippen molar-refractivity contribution < 1.29 is 17.7 Å². The summed E-state index contributed by atoms with van der Waals surface area (Å²) in [6.45, 7) is 0. The Balaban J connectivity index is 0.0000000975. The van der Waals surface area contributed by atoms with E-state index >= 15 is 0 Å². The second kappa shape index (κ2) is 37.6. The average molecular weight is 1890 g/mol. The molecule has 30 rings (SSSR count). The molecular weight excluding hydrogens is 1800 g/mol. The predicted octanol–water partition coefficient (Wildman–Crippen LogP) is 38.8. The Morgan fingerprint density at radius 1 is 0.115 bits per heavy atom. The van der Waals surface area contributed by atoms with Crippen LogP contribution in [0, 0.1) is 0 Å². The second-order valence-corrected chi connectivity index (χ2v) is 37.7. The quantitative estimate of drug-likeness (QED) is 0.111. The SMILES string of the molecule is c1ccc(-c2cccc(-c3ccc4ccc5ccc6nc(-c7ccccc7)oc6c5c4c3)c2)cc1.c1ccc(-c2nc3ccc4ccc5ccc(-c6ccc(-c7ccc8ccccc8c7)cc6)cc5c4c3o2)cc1.c1ccc(-c2nc3ccc4ccc5ccc(-c6ccc(-c7cccc8ccccc78)cc6)cc5c4c3o2)cc1.c1ccc(-c2nc3ccc4ccc5ccc(-c6ccccc6-c6ccccc6)cc5c4c3o2)cc1. The molecule has 692 valence electrons. The van der Waals surface area contributed by atoms with Crippen LogP contribution in [-0.4, -0.2) is 19.9 Å². The standard InChI is InChI=1S/2C37H23NO.2C33H21NO/c1-2-8-29(9-3-1)37-38-34-22-21-28-19-17-27-18-20-30(23-33(27)35(28)36(34)39-37)24-13-15-26(16-14-24)32-12-6-10-25-7-4-5-11-31(25)32;1-2-7-29(8-3-1)37-38-34-21-20-28-17-15-27-16-19-32(23-33(27)35(28)36(34)39-37)26-12-10-25(11-13-26)31-18-14-24-6-4-5-9-30(24)22-31;1-3-9-22(10-4-1)27-13-7-8-14-28(27)26-18-16-23-15-17-24-19-20-30-32(31(24)29(23)21-26)35-33(34-30)25-11-5-2-6-12-25;1-3-8-22(9-4-1)26-12-7-13-27(20-26)28-17-15-23-14-16-24-18-19-30-32(31(24)29(23)21-28)35-33(34-30)25-10-5-2-6-11-25/h2*1-23H;2*1-21H. The molecule has 148 heavy (non-hydrogen) atoms. The van der Waals surface area contributed by atoms with E-state index in [0.717, 1.165) is 110 Å². The molecule has 0 fully saturated rings. The van der Waals surface area contributed by atoms with E-state index < -0.39 is 0 Å². The number of benzene rings is 26. The molecule has 0 saturated carbocycles. The van der Waals surface area contributed by atoms with Crippen LogP contribution in [0.3, 0.4) is 0 Å². The van der Waals surface area contributed by atoms with Crippen LogP contribution in [0.4, 0.5) is 0 Å². The zero-order chi connectivity index (χ0) is 97.9. The van der Waals surface area contributed by atoms with Crippen molar-refractivity contribution in [3.8, 4) is 135 Å². The van der Waals surface area contributed by atoms with Crippen molar-refractivity contribution in [2.75, 3.05) is 0 Å². The van der Waals surface area contributed by atoms with Gasteiger partial charge in [0.15, 0.2) is 22.3 Å². The molecule has 0 aliphatic rings. The van der Waals surface area contributed by atoms with Crippen molar-refractivity contribution in [1.82, 2.24) is 19.9 Å². The summed E-state index contributed by atoms with van der Waals surface area (Å²) < 4.78 is 25.6. The van der Waals surface area contributed by atoms with Crippen molar-refractivity contribution in [2.24, 2.45) is 0 Å². The molecule has 0 saturated heterocycles. The van der Waals surface area contributed by atoms with E-state index in [9.17, 15) is 0 Å². The first-order valence-corrected chi connectivity index (χ1v) is 50.1. The van der Waals surface area contributed by atoms with Crippen LogP contribution >= 0.6 is 0 Å². The summed E-state index contributed by atoms with van der Waals surface area (Å²) in [7, 11) is 0. The highest BCUT2D eigenvalue weighted by atomic mass is 16.4. The molecule has 0 amide bonds. The van der Waals surface area contributed by atoms with E-state index in [1.165, 1.54) is 154 Å². The molecule has 8 heteroatoms. The third-order valence-electron chi connectivity index (χ3n) is 28.7. The maximum atomic E-state index is 6.41. The van der Waals surface area contributed by atoms with Gasteiger partial charge in [-0.05, 0) is 284 Å². The highest BCUT2D eigenvalue weighted by molar-refractivity contribution is 6.23. The van der Waals surface area contributed by atoms with Crippen molar-refractivity contribution in [1.29, 1.82) is 0 Å². The Hall–Kier alpha value is -19.8. The zero-order valence-electron chi connectivity index (χ0n) is 80.2. The summed E-state index contributed by atoms with van der Waals surface area (Å²) in [4.78, 5) is 19.2. The lowest BCUT2D eigenvalue weighted by molar-refractivity contribution is 0.623. The van der Waals surface area contributed by atoms with Gasteiger partial charge in [0.1, 0.15) is 22.1 Å². The van der Waals surface area contributed by atoms with Crippen LogP contribution in [0.5, 0.6) is 0 Å². The molecule has 0 aliphatic carbocycles. The summed E-state index contributed by atoms with van der Waals surface area (Å²) >= 11 is 0.